The van der Waals surface area contributed by atoms with Crippen molar-refractivity contribution >= 4 is 17.9 Å². The highest BCUT2D eigenvalue weighted by molar-refractivity contribution is 5.91. The molecule has 0 aliphatic carbocycles. The number of nitrogens with two attached hydrogens (primary N) is 1. The van der Waals surface area contributed by atoms with E-state index in [0.29, 0.717) is 0 Å². The predicted octanol–water partition coefficient (Wildman–Crippen LogP) is 2.77. The number of rotatable bonds is 9. The first-order chi connectivity index (χ1) is 14.7. The van der Waals surface area contributed by atoms with Crippen LogP contribution in [0.15, 0.2) is 48.5 Å². The van der Waals surface area contributed by atoms with Crippen LogP contribution in [0.2, 0.25) is 0 Å². The minimum absolute atomic E-state index is 0.0928. The lowest BCUT2D eigenvalue weighted by Crippen LogP contribution is -2.55. The summed E-state index contributed by atoms with van der Waals surface area (Å²) in [6, 6.07) is 13.3. The van der Waals surface area contributed by atoms with E-state index in [4.69, 9.17) is 10.5 Å². The minimum Gasteiger partial charge on any atom is -0.445 e. The first-order valence-corrected chi connectivity index (χ1v) is 10.3. The van der Waals surface area contributed by atoms with E-state index in [1.54, 1.807) is 13.8 Å². The van der Waals surface area contributed by atoms with E-state index in [9.17, 15) is 14.4 Å². The highest BCUT2D eigenvalue weighted by Gasteiger charge is 2.29. The lowest BCUT2D eigenvalue weighted by atomic mass is 9.95. The lowest BCUT2D eigenvalue weighted by Gasteiger charge is -2.25. The van der Waals surface area contributed by atoms with Crippen LogP contribution in [0, 0.1) is 19.8 Å². The van der Waals surface area contributed by atoms with Crippen LogP contribution in [-0.2, 0) is 27.4 Å². The second-order valence-corrected chi connectivity index (χ2v) is 7.97. The van der Waals surface area contributed by atoms with Crippen molar-refractivity contribution in [2.24, 2.45) is 11.7 Å². The third kappa shape index (κ3) is 7.13. The highest BCUT2D eigenvalue weighted by Crippen LogP contribution is 2.16. The van der Waals surface area contributed by atoms with E-state index in [-0.39, 0.29) is 18.9 Å². The summed E-state index contributed by atoms with van der Waals surface area (Å²) >= 11 is 0. The van der Waals surface area contributed by atoms with Crippen LogP contribution in [0.3, 0.4) is 0 Å². The molecule has 166 valence electrons. The summed E-state index contributed by atoms with van der Waals surface area (Å²) in [6.07, 6.45) is -0.425. The van der Waals surface area contributed by atoms with Gasteiger partial charge in [-0.05, 0) is 42.0 Å². The van der Waals surface area contributed by atoms with Crippen molar-refractivity contribution < 1.29 is 19.1 Å². The van der Waals surface area contributed by atoms with Gasteiger partial charge in [-0.25, -0.2) is 4.79 Å². The van der Waals surface area contributed by atoms with Gasteiger partial charge in [-0.1, -0.05) is 62.4 Å². The molecule has 0 aliphatic heterocycles. The molecule has 0 heterocycles. The van der Waals surface area contributed by atoms with Crippen molar-refractivity contribution in [2.75, 3.05) is 0 Å². The molecule has 0 fully saturated rings. The molecule has 31 heavy (non-hydrogen) atoms. The fourth-order valence-corrected chi connectivity index (χ4v) is 3.29. The summed E-state index contributed by atoms with van der Waals surface area (Å²) in [6.45, 7) is 7.58. The molecule has 2 atom stereocenters. The Bertz CT molecular complexity index is 892. The normalized spacial score (nSPS) is 12.7. The highest BCUT2D eigenvalue weighted by atomic mass is 16.5. The largest absolute Gasteiger partial charge is 0.445 e. The van der Waals surface area contributed by atoms with Crippen molar-refractivity contribution in [3.05, 3.63) is 70.8 Å². The van der Waals surface area contributed by atoms with Gasteiger partial charge in [0.2, 0.25) is 11.8 Å². The lowest BCUT2D eigenvalue weighted by molar-refractivity contribution is -0.129. The second-order valence-electron chi connectivity index (χ2n) is 7.97. The third-order valence-corrected chi connectivity index (χ3v) is 5.15. The van der Waals surface area contributed by atoms with Crippen LogP contribution in [0.5, 0.6) is 0 Å². The Hall–Kier alpha value is -3.35. The van der Waals surface area contributed by atoms with Crippen LogP contribution >= 0.6 is 0 Å². The Balaban J connectivity index is 2.03. The van der Waals surface area contributed by atoms with E-state index >= 15 is 0 Å². The molecule has 7 nitrogen and oxygen atoms in total. The number of primary amides is 1. The van der Waals surface area contributed by atoms with Crippen molar-refractivity contribution in [3.8, 4) is 0 Å². The molecule has 4 N–H and O–H groups in total. The van der Waals surface area contributed by atoms with Crippen molar-refractivity contribution in [1.82, 2.24) is 10.6 Å². The monoisotopic (exact) mass is 425 g/mol. The van der Waals surface area contributed by atoms with Crippen molar-refractivity contribution in [3.63, 3.8) is 0 Å². The number of nitrogens with one attached hydrogen (secondary N) is 2. The average molecular weight is 426 g/mol. The number of ether oxygens (including phenoxy) is 1. The molecular formula is C24H31N3O4. The van der Waals surface area contributed by atoms with Gasteiger partial charge in [-0.2, -0.15) is 0 Å². The number of carbonyl (C=O) groups is 3. The molecule has 2 rings (SSSR count). The second kappa shape index (κ2) is 11.2. The van der Waals surface area contributed by atoms with Gasteiger partial charge in [0.25, 0.3) is 0 Å². The Labute approximate surface area is 183 Å². The van der Waals surface area contributed by atoms with Gasteiger partial charge in [0.1, 0.15) is 18.7 Å². The topological polar surface area (TPSA) is 111 Å². The smallest absolute Gasteiger partial charge is 0.408 e. The molecule has 2 aromatic carbocycles. The number of aryl methyl sites for hydroxylation is 2. The Morgan fingerprint density at radius 2 is 1.55 bits per heavy atom. The maximum absolute atomic E-state index is 12.9. The number of carbonyl (C=O) groups excluding carboxylic acids is 3. The fourth-order valence-electron chi connectivity index (χ4n) is 3.29. The number of hydrogen-bond donors (Lipinski definition) is 3. The minimum atomic E-state index is -0.893. The van der Waals surface area contributed by atoms with Gasteiger partial charge < -0.3 is 21.1 Å². The average Bonchev–Trinajstić information content (AvgIpc) is 2.72. The molecule has 0 bridgehead atoms. The number of hydrogen-bond acceptors (Lipinski definition) is 4. The van der Waals surface area contributed by atoms with Gasteiger partial charge >= 0.3 is 6.09 Å². The van der Waals surface area contributed by atoms with E-state index in [0.717, 1.165) is 22.3 Å². The van der Waals surface area contributed by atoms with Crippen LogP contribution in [0.4, 0.5) is 4.79 Å². The molecule has 7 heteroatoms. The van der Waals surface area contributed by atoms with Crippen molar-refractivity contribution in [2.45, 2.75) is 52.8 Å². The Morgan fingerprint density at radius 1 is 0.935 bits per heavy atom. The maximum Gasteiger partial charge on any atom is 0.408 e. The summed E-state index contributed by atoms with van der Waals surface area (Å²) in [7, 11) is 0. The van der Waals surface area contributed by atoms with Gasteiger partial charge in [0.15, 0.2) is 0 Å². The van der Waals surface area contributed by atoms with Gasteiger partial charge in [-0.3, -0.25) is 9.59 Å². The van der Waals surface area contributed by atoms with Gasteiger partial charge in [0.05, 0.1) is 0 Å². The quantitative estimate of drug-likeness (QED) is 0.574. The molecule has 0 unspecified atom stereocenters. The first-order valence-electron chi connectivity index (χ1n) is 10.3. The van der Waals surface area contributed by atoms with Crippen LogP contribution < -0.4 is 16.4 Å². The molecule has 0 saturated carbocycles. The maximum atomic E-state index is 12.9. The van der Waals surface area contributed by atoms with Gasteiger partial charge in [0, 0.05) is 6.42 Å². The third-order valence-electron chi connectivity index (χ3n) is 5.15. The number of alkyl carbamates (subject to hydrolysis) is 1. The number of benzene rings is 2. The summed E-state index contributed by atoms with van der Waals surface area (Å²) in [5, 5.41) is 5.29. The van der Waals surface area contributed by atoms with Crippen LogP contribution in [-0.4, -0.2) is 30.0 Å². The fraction of sp³-hybridized carbons (Fsp3) is 0.375. The van der Waals surface area contributed by atoms with E-state index in [1.165, 1.54) is 0 Å². The molecule has 0 aromatic heterocycles. The SMILES string of the molecule is Cc1cccc(C)c1C[C@@H](NC(=O)[C@H](NC(=O)OCc1ccccc1)C(C)C)C(N)=O. The van der Waals surface area contributed by atoms with E-state index in [1.807, 2.05) is 62.4 Å². The summed E-state index contributed by atoms with van der Waals surface area (Å²) in [5.74, 6) is -1.34. The van der Waals surface area contributed by atoms with Crippen LogP contribution in [0.1, 0.15) is 36.1 Å². The molecule has 0 spiro atoms. The standard InChI is InChI=1S/C24H31N3O4/c1-15(2)21(27-24(30)31-14-18-11-6-5-7-12-18)23(29)26-20(22(25)28)13-19-16(3)9-8-10-17(19)4/h5-12,15,20-21H,13-14H2,1-4H3,(H2,25,28)(H,26,29)(H,27,30)/t20-,21-/m1/s1. The molecule has 0 radical (unpaired) electrons. The molecule has 3 amide bonds. The zero-order chi connectivity index (χ0) is 23.0. The summed E-state index contributed by atoms with van der Waals surface area (Å²) < 4.78 is 5.22. The summed E-state index contributed by atoms with van der Waals surface area (Å²) in [5.41, 5.74) is 9.39. The molecule has 2 aromatic rings. The van der Waals surface area contributed by atoms with Crippen LogP contribution in [0.25, 0.3) is 0 Å². The Kier molecular flexibility index (Phi) is 8.61. The van der Waals surface area contributed by atoms with E-state index < -0.39 is 30.0 Å². The molecule has 0 aliphatic rings. The summed E-state index contributed by atoms with van der Waals surface area (Å²) in [4.78, 5) is 37.1. The van der Waals surface area contributed by atoms with Gasteiger partial charge in [-0.15, -0.1) is 0 Å². The van der Waals surface area contributed by atoms with Crippen molar-refractivity contribution in [1.29, 1.82) is 0 Å². The predicted molar refractivity (Wildman–Crippen MR) is 119 cm³/mol. The number of amides is 3. The first kappa shape index (κ1) is 23.9. The zero-order valence-corrected chi connectivity index (χ0v) is 18.5. The molecular weight excluding hydrogens is 394 g/mol. The zero-order valence-electron chi connectivity index (χ0n) is 18.5. The molecule has 0 saturated heterocycles. The Morgan fingerprint density at radius 3 is 2.10 bits per heavy atom. The van der Waals surface area contributed by atoms with E-state index in [2.05, 4.69) is 10.6 Å².